The molecule has 0 fully saturated rings. The highest BCUT2D eigenvalue weighted by atomic mass is 32.1. The quantitative estimate of drug-likeness (QED) is 0.664. The molecule has 0 atom stereocenters. The average molecular weight is 323 g/mol. The number of nitrogens with zero attached hydrogens (tertiary/aromatic N) is 2. The highest BCUT2D eigenvalue weighted by Gasteiger charge is 2.05. The molecule has 0 aliphatic carbocycles. The number of hydrogen-bond acceptors (Lipinski definition) is 5. The molecular formula is C18H17N3OS. The van der Waals surface area contributed by atoms with Crippen LogP contribution in [0.1, 0.15) is 12.0 Å². The van der Waals surface area contributed by atoms with Gasteiger partial charge < -0.3 is 10.1 Å². The summed E-state index contributed by atoms with van der Waals surface area (Å²) >= 11 is 1.55. The van der Waals surface area contributed by atoms with E-state index in [4.69, 9.17) is 10.00 Å². The van der Waals surface area contributed by atoms with Crippen molar-refractivity contribution in [1.29, 1.82) is 5.26 Å². The third kappa shape index (κ3) is 4.28. The van der Waals surface area contributed by atoms with Crippen molar-refractivity contribution < 1.29 is 4.74 Å². The van der Waals surface area contributed by atoms with Gasteiger partial charge >= 0.3 is 0 Å². The zero-order valence-corrected chi connectivity index (χ0v) is 13.5. The molecule has 0 bridgehead atoms. The van der Waals surface area contributed by atoms with Gasteiger partial charge in [0.2, 0.25) is 0 Å². The summed E-state index contributed by atoms with van der Waals surface area (Å²) in [4.78, 5) is 4.47. The molecule has 4 nitrogen and oxygen atoms in total. The minimum atomic E-state index is 0.551. The van der Waals surface area contributed by atoms with E-state index in [1.807, 2.05) is 36.4 Å². The van der Waals surface area contributed by atoms with Crippen molar-refractivity contribution in [2.45, 2.75) is 12.8 Å². The second kappa shape index (κ2) is 7.73. The summed E-state index contributed by atoms with van der Waals surface area (Å²) in [5.41, 5.74) is 2.21. The first-order valence-electron chi connectivity index (χ1n) is 7.55. The Kier molecular flexibility index (Phi) is 5.20. The van der Waals surface area contributed by atoms with Crippen LogP contribution in [0.4, 0.5) is 0 Å². The molecule has 0 radical (unpaired) electrons. The number of benzene rings is 2. The molecule has 5 heteroatoms. The van der Waals surface area contributed by atoms with Gasteiger partial charge in [0.05, 0.1) is 16.3 Å². The second-order valence-electron chi connectivity index (χ2n) is 5.10. The largest absolute Gasteiger partial charge is 0.431 e. The summed E-state index contributed by atoms with van der Waals surface area (Å²) in [6.45, 7) is 1.62. The molecule has 2 aromatic carbocycles. The van der Waals surface area contributed by atoms with Crippen LogP contribution < -0.4 is 10.1 Å². The lowest BCUT2D eigenvalue weighted by atomic mass is 10.1. The first kappa shape index (κ1) is 15.5. The molecule has 0 aliphatic rings. The lowest BCUT2D eigenvalue weighted by Gasteiger charge is -2.05. The lowest BCUT2D eigenvalue weighted by molar-refractivity contribution is 0.480. The van der Waals surface area contributed by atoms with E-state index in [2.05, 4.69) is 28.5 Å². The van der Waals surface area contributed by atoms with Crippen molar-refractivity contribution in [3.05, 3.63) is 54.1 Å². The number of nitriles is 1. The van der Waals surface area contributed by atoms with E-state index >= 15 is 0 Å². The standard InChI is InChI=1S/C18H17N3OS/c19-11-3-12-20-13-10-14-6-8-15(9-7-14)22-18-21-16-4-1-2-5-17(16)23-18/h1-2,4-9,20H,3,10,12-13H2. The topological polar surface area (TPSA) is 57.9 Å². The van der Waals surface area contributed by atoms with Crippen LogP contribution in [0, 0.1) is 11.3 Å². The molecule has 1 aromatic heterocycles. The molecule has 0 unspecified atom stereocenters. The molecule has 3 aromatic rings. The Hall–Kier alpha value is -2.42. The molecule has 0 saturated carbocycles. The number of ether oxygens (including phenoxy) is 1. The van der Waals surface area contributed by atoms with E-state index in [1.165, 1.54) is 5.56 Å². The molecular weight excluding hydrogens is 306 g/mol. The number of nitrogens with one attached hydrogen (secondary N) is 1. The van der Waals surface area contributed by atoms with E-state index in [-0.39, 0.29) is 0 Å². The highest BCUT2D eigenvalue weighted by Crippen LogP contribution is 2.31. The fourth-order valence-electron chi connectivity index (χ4n) is 2.22. The van der Waals surface area contributed by atoms with Crippen molar-refractivity contribution in [3.63, 3.8) is 0 Å². The molecule has 116 valence electrons. The number of aromatic nitrogens is 1. The van der Waals surface area contributed by atoms with Gasteiger partial charge in [0.25, 0.3) is 5.19 Å². The Labute approximate surface area is 139 Å². The SMILES string of the molecule is N#CCCNCCc1ccc(Oc2nc3ccccc3s2)cc1. The number of thiazole rings is 1. The molecule has 0 spiro atoms. The predicted octanol–water partition coefficient (Wildman–Crippen LogP) is 4.13. The van der Waals surface area contributed by atoms with Crippen LogP contribution in [0.25, 0.3) is 10.2 Å². The van der Waals surface area contributed by atoms with E-state index in [0.717, 1.165) is 35.5 Å². The van der Waals surface area contributed by atoms with E-state index in [1.54, 1.807) is 11.3 Å². The van der Waals surface area contributed by atoms with Gasteiger partial charge in [-0.2, -0.15) is 5.26 Å². The van der Waals surface area contributed by atoms with Crippen molar-refractivity contribution >= 4 is 21.6 Å². The van der Waals surface area contributed by atoms with Crippen molar-refractivity contribution in [1.82, 2.24) is 10.3 Å². The Morgan fingerprint density at radius 2 is 1.91 bits per heavy atom. The van der Waals surface area contributed by atoms with Crippen LogP contribution in [0.2, 0.25) is 0 Å². The normalized spacial score (nSPS) is 10.6. The number of para-hydroxylation sites is 1. The van der Waals surface area contributed by atoms with Crippen LogP contribution in [0.15, 0.2) is 48.5 Å². The summed E-state index contributed by atoms with van der Waals surface area (Å²) in [5.74, 6) is 0.797. The molecule has 0 amide bonds. The molecule has 23 heavy (non-hydrogen) atoms. The van der Waals surface area contributed by atoms with Crippen molar-refractivity contribution in [2.75, 3.05) is 13.1 Å². The maximum atomic E-state index is 8.47. The van der Waals surface area contributed by atoms with Crippen molar-refractivity contribution in [2.24, 2.45) is 0 Å². The Balaban J connectivity index is 1.56. The van der Waals surface area contributed by atoms with Gasteiger partial charge in [0.1, 0.15) is 5.75 Å². The first-order valence-corrected chi connectivity index (χ1v) is 8.37. The highest BCUT2D eigenvalue weighted by molar-refractivity contribution is 7.20. The third-order valence-electron chi connectivity index (χ3n) is 3.41. The molecule has 1 heterocycles. The zero-order chi connectivity index (χ0) is 15.9. The first-order chi connectivity index (χ1) is 11.3. The van der Waals surface area contributed by atoms with Crippen LogP contribution in [-0.2, 0) is 6.42 Å². The minimum absolute atomic E-state index is 0.551. The fourth-order valence-corrected chi connectivity index (χ4v) is 3.06. The second-order valence-corrected chi connectivity index (χ2v) is 6.09. The van der Waals surface area contributed by atoms with Gasteiger partial charge in [0, 0.05) is 13.0 Å². The number of rotatable bonds is 7. The average Bonchev–Trinajstić information content (AvgIpc) is 2.98. The summed E-state index contributed by atoms with van der Waals surface area (Å²) < 4.78 is 6.96. The van der Waals surface area contributed by atoms with Gasteiger partial charge in [-0.3, -0.25) is 0 Å². The van der Waals surface area contributed by atoms with Gasteiger partial charge in [-0.25, -0.2) is 4.98 Å². The van der Waals surface area contributed by atoms with E-state index in [0.29, 0.717) is 11.6 Å². The summed E-state index contributed by atoms with van der Waals surface area (Å²) in [5, 5.41) is 12.4. The van der Waals surface area contributed by atoms with Gasteiger partial charge in [-0.15, -0.1) is 0 Å². The van der Waals surface area contributed by atoms with E-state index in [9.17, 15) is 0 Å². The van der Waals surface area contributed by atoms with Crippen LogP contribution in [-0.4, -0.2) is 18.1 Å². The van der Waals surface area contributed by atoms with Crippen LogP contribution in [0.3, 0.4) is 0 Å². The molecule has 1 N–H and O–H groups in total. The van der Waals surface area contributed by atoms with Gasteiger partial charge in [0.15, 0.2) is 0 Å². The van der Waals surface area contributed by atoms with Gasteiger partial charge in [-0.1, -0.05) is 35.6 Å². The molecule has 0 aliphatic heterocycles. The minimum Gasteiger partial charge on any atom is -0.431 e. The predicted molar refractivity (Wildman–Crippen MR) is 92.9 cm³/mol. The summed E-state index contributed by atoms with van der Waals surface area (Å²) in [7, 11) is 0. The maximum Gasteiger partial charge on any atom is 0.279 e. The maximum absolute atomic E-state index is 8.47. The van der Waals surface area contributed by atoms with Crippen LogP contribution >= 0.6 is 11.3 Å². The Morgan fingerprint density at radius 3 is 2.70 bits per heavy atom. The number of hydrogen-bond donors (Lipinski definition) is 1. The number of fused-ring (bicyclic) bond motifs is 1. The van der Waals surface area contributed by atoms with Crippen molar-refractivity contribution in [3.8, 4) is 17.0 Å². The monoisotopic (exact) mass is 323 g/mol. The van der Waals surface area contributed by atoms with Crippen LogP contribution in [0.5, 0.6) is 10.9 Å². The zero-order valence-electron chi connectivity index (χ0n) is 12.7. The summed E-state index contributed by atoms with van der Waals surface area (Å²) in [6, 6.07) is 18.2. The molecule has 3 rings (SSSR count). The molecule has 0 saturated heterocycles. The van der Waals surface area contributed by atoms with E-state index < -0.39 is 0 Å². The smallest absolute Gasteiger partial charge is 0.279 e. The Bertz CT molecular complexity index is 772. The Morgan fingerprint density at radius 1 is 1.09 bits per heavy atom. The third-order valence-corrected chi connectivity index (χ3v) is 4.32. The van der Waals surface area contributed by atoms with Gasteiger partial charge in [-0.05, 0) is 42.8 Å². The fraction of sp³-hybridized carbons (Fsp3) is 0.222. The summed E-state index contributed by atoms with van der Waals surface area (Å²) in [6.07, 6.45) is 1.49. The lowest BCUT2D eigenvalue weighted by Crippen LogP contribution is -2.17.